The highest BCUT2D eigenvalue weighted by Crippen LogP contribution is 2.20. The number of pyridine rings is 1. The molecule has 1 aromatic carbocycles. The van der Waals surface area contributed by atoms with E-state index in [-0.39, 0.29) is 0 Å². The molecule has 0 aliphatic carbocycles. The number of nitrogens with zero attached hydrogens (tertiary/aromatic N) is 1. The number of nitrogens with one attached hydrogen (secondary N) is 1. The monoisotopic (exact) mass is 240 g/mol. The Kier molecular flexibility index (Phi) is 4.35. The molecule has 2 aromatic rings. The molecule has 94 valence electrons. The molecule has 0 saturated heterocycles. The van der Waals surface area contributed by atoms with Crippen molar-refractivity contribution in [1.82, 2.24) is 4.98 Å². The second-order valence-corrected chi connectivity index (χ2v) is 4.39. The van der Waals surface area contributed by atoms with E-state index in [0.29, 0.717) is 0 Å². The summed E-state index contributed by atoms with van der Waals surface area (Å²) in [5.41, 5.74) is 3.61. The first-order valence-corrected chi connectivity index (χ1v) is 6.63. The van der Waals surface area contributed by atoms with E-state index in [2.05, 4.69) is 54.5 Å². The Morgan fingerprint density at radius 2 is 1.89 bits per heavy atom. The van der Waals surface area contributed by atoms with Gasteiger partial charge in [-0.25, -0.2) is 4.98 Å². The van der Waals surface area contributed by atoms with Crippen molar-refractivity contribution in [2.24, 2.45) is 0 Å². The molecule has 1 heterocycles. The fraction of sp³-hybridized carbons (Fsp3) is 0.312. The van der Waals surface area contributed by atoms with Crippen LogP contribution in [0.4, 0.5) is 5.82 Å². The highest BCUT2D eigenvalue weighted by molar-refractivity contribution is 5.62. The van der Waals surface area contributed by atoms with Crippen molar-refractivity contribution >= 4 is 5.82 Å². The van der Waals surface area contributed by atoms with Crippen molar-refractivity contribution in [2.45, 2.75) is 26.7 Å². The van der Waals surface area contributed by atoms with Gasteiger partial charge in [-0.2, -0.15) is 0 Å². The summed E-state index contributed by atoms with van der Waals surface area (Å²) in [4.78, 5) is 4.62. The van der Waals surface area contributed by atoms with Gasteiger partial charge in [0.2, 0.25) is 0 Å². The minimum Gasteiger partial charge on any atom is -0.370 e. The minimum absolute atomic E-state index is 0.895. The Hall–Kier alpha value is -1.83. The lowest BCUT2D eigenvalue weighted by Crippen LogP contribution is -1.99. The third kappa shape index (κ3) is 3.10. The van der Waals surface area contributed by atoms with E-state index in [1.165, 1.54) is 17.5 Å². The Labute approximate surface area is 109 Å². The van der Waals surface area contributed by atoms with Crippen LogP contribution < -0.4 is 5.32 Å². The van der Waals surface area contributed by atoms with Gasteiger partial charge in [0.15, 0.2) is 0 Å². The molecule has 2 heteroatoms. The van der Waals surface area contributed by atoms with Crippen molar-refractivity contribution in [1.29, 1.82) is 0 Å². The zero-order chi connectivity index (χ0) is 12.8. The third-order valence-corrected chi connectivity index (χ3v) is 2.87. The van der Waals surface area contributed by atoms with Gasteiger partial charge in [0.1, 0.15) is 5.82 Å². The summed E-state index contributed by atoms with van der Waals surface area (Å²) in [6, 6.07) is 14.8. The van der Waals surface area contributed by atoms with E-state index in [4.69, 9.17) is 0 Å². The summed E-state index contributed by atoms with van der Waals surface area (Å²) in [5, 5.41) is 3.25. The van der Waals surface area contributed by atoms with Crippen LogP contribution >= 0.6 is 0 Å². The van der Waals surface area contributed by atoms with Gasteiger partial charge < -0.3 is 5.32 Å². The number of anilines is 1. The molecular formula is C16H20N2. The number of hydrogen-bond acceptors (Lipinski definition) is 2. The lowest BCUT2D eigenvalue weighted by atomic mass is 10.0. The van der Waals surface area contributed by atoms with Crippen molar-refractivity contribution in [3.05, 3.63) is 48.0 Å². The second-order valence-electron chi connectivity index (χ2n) is 4.39. The maximum atomic E-state index is 4.62. The number of benzene rings is 1. The van der Waals surface area contributed by atoms with Gasteiger partial charge in [-0.3, -0.25) is 0 Å². The molecule has 0 aliphatic heterocycles. The van der Waals surface area contributed by atoms with E-state index in [1.54, 1.807) is 0 Å². The van der Waals surface area contributed by atoms with Crippen LogP contribution in [-0.2, 0) is 6.42 Å². The molecule has 0 aliphatic rings. The van der Waals surface area contributed by atoms with Gasteiger partial charge in [-0.1, -0.05) is 37.6 Å². The molecule has 1 aromatic heterocycles. The maximum absolute atomic E-state index is 4.62. The smallest absolute Gasteiger partial charge is 0.126 e. The summed E-state index contributed by atoms with van der Waals surface area (Å²) < 4.78 is 0. The Balaban J connectivity index is 2.29. The fourth-order valence-corrected chi connectivity index (χ4v) is 2.05. The number of aromatic nitrogens is 1. The molecule has 0 unspecified atom stereocenters. The molecule has 0 radical (unpaired) electrons. The van der Waals surface area contributed by atoms with Crippen molar-refractivity contribution < 1.29 is 0 Å². The van der Waals surface area contributed by atoms with Gasteiger partial charge in [0.25, 0.3) is 0 Å². The summed E-state index contributed by atoms with van der Waals surface area (Å²) in [7, 11) is 0. The lowest BCUT2D eigenvalue weighted by molar-refractivity contribution is 0.922. The summed E-state index contributed by atoms with van der Waals surface area (Å²) in [6.45, 7) is 5.18. The average molecular weight is 240 g/mol. The molecular weight excluding hydrogens is 220 g/mol. The van der Waals surface area contributed by atoms with E-state index in [9.17, 15) is 0 Å². The third-order valence-electron chi connectivity index (χ3n) is 2.87. The van der Waals surface area contributed by atoms with Crippen LogP contribution in [0.15, 0.2) is 42.5 Å². The zero-order valence-electron chi connectivity index (χ0n) is 11.1. The maximum Gasteiger partial charge on any atom is 0.126 e. The van der Waals surface area contributed by atoms with E-state index < -0.39 is 0 Å². The van der Waals surface area contributed by atoms with Crippen molar-refractivity contribution in [3.8, 4) is 11.3 Å². The number of rotatable bonds is 5. The topological polar surface area (TPSA) is 24.9 Å². The van der Waals surface area contributed by atoms with Crippen LogP contribution in [0.1, 0.15) is 25.8 Å². The van der Waals surface area contributed by atoms with Gasteiger partial charge in [0.05, 0.1) is 5.69 Å². The molecule has 0 atom stereocenters. The molecule has 2 nitrogen and oxygen atoms in total. The zero-order valence-corrected chi connectivity index (χ0v) is 11.1. The Bertz CT molecular complexity index is 458. The van der Waals surface area contributed by atoms with Gasteiger partial charge >= 0.3 is 0 Å². The second kappa shape index (κ2) is 6.20. The molecule has 0 amide bonds. The summed E-state index contributed by atoms with van der Waals surface area (Å²) in [5.74, 6) is 0.941. The largest absolute Gasteiger partial charge is 0.370 e. The van der Waals surface area contributed by atoms with Crippen LogP contribution in [0.5, 0.6) is 0 Å². The van der Waals surface area contributed by atoms with E-state index >= 15 is 0 Å². The summed E-state index contributed by atoms with van der Waals surface area (Å²) in [6.07, 6.45) is 2.30. The first-order valence-electron chi connectivity index (χ1n) is 6.63. The quantitative estimate of drug-likeness (QED) is 0.849. The molecule has 0 saturated carbocycles. The van der Waals surface area contributed by atoms with Crippen LogP contribution in [0.25, 0.3) is 11.3 Å². The fourth-order valence-electron chi connectivity index (χ4n) is 2.05. The van der Waals surface area contributed by atoms with Crippen LogP contribution in [0, 0.1) is 0 Å². The normalized spacial score (nSPS) is 10.3. The Morgan fingerprint density at radius 3 is 2.67 bits per heavy atom. The number of hydrogen-bond donors (Lipinski definition) is 1. The first kappa shape index (κ1) is 12.6. The van der Waals surface area contributed by atoms with Crippen molar-refractivity contribution in [2.75, 3.05) is 11.9 Å². The molecule has 2 rings (SSSR count). The SMILES string of the molecule is CCCc1cccc(-c2cccc(NCC)n2)c1. The van der Waals surface area contributed by atoms with Crippen LogP contribution in [-0.4, -0.2) is 11.5 Å². The minimum atomic E-state index is 0.895. The predicted molar refractivity (Wildman–Crippen MR) is 77.8 cm³/mol. The van der Waals surface area contributed by atoms with E-state index in [1.807, 2.05) is 12.1 Å². The average Bonchev–Trinajstić information content (AvgIpc) is 2.40. The molecule has 0 spiro atoms. The molecule has 0 bridgehead atoms. The molecule has 1 N–H and O–H groups in total. The lowest BCUT2D eigenvalue weighted by Gasteiger charge is -2.07. The van der Waals surface area contributed by atoms with Gasteiger partial charge in [-0.15, -0.1) is 0 Å². The first-order chi connectivity index (χ1) is 8.83. The van der Waals surface area contributed by atoms with Crippen molar-refractivity contribution in [3.63, 3.8) is 0 Å². The van der Waals surface area contributed by atoms with E-state index in [0.717, 1.165) is 24.5 Å². The highest BCUT2D eigenvalue weighted by Gasteiger charge is 2.01. The standard InChI is InChI=1S/C16H20N2/c1-3-7-13-8-5-9-14(12-13)15-10-6-11-16(18-15)17-4-2/h5-6,8-12H,3-4,7H2,1-2H3,(H,17,18). The van der Waals surface area contributed by atoms with Gasteiger partial charge in [0, 0.05) is 12.1 Å². The highest BCUT2D eigenvalue weighted by atomic mass is 15.0. The van der Waals surface area contributed by atoms with Gasteiger partial charge in [-0.05, 0) is 37.1 Å². The van der Waals surface area contributed by atoms with Crippen LogP contribution in [0.2, 0.25) is 0 Å². The van der Waals surface area contributed by atoms with Crippen LogP contribution in [0.3, 0.4) is 0 Å². The molecule has 0 fully saturated rings. The molecule has 18 heavy (non-hydrogen) atoms. The number of aryl methyl sites for hydroxylation is 1. The summed E-state index contributed by atoms with van der Waals surface area (Å²) >= 11 is 0. The predicted octanol–water partition coefficient (Wildman–Crippen LogP) is 4.13. The Morgan fingerprint density at radius 1 is 1.06 bits per heavy atom.